The second-order valence-corrected chi connectivity index (χ2v) is 9.39. The number of aliphatic carboxylic acids is 1. The molecule has 0 bridgehead atoms. The van der Waals surface area contributed by atoms with Gasteiger partial charge in [0.2, 0.25) is 5.91 Å². The topological polar surface area (TPSA) is 130 Å². The van der Waals surface area contributed by atoms with Crippen LogP contribution in [0, 0.1) is 11.2 Å². The number of carbonyl (C=O) groups excluding carboxylic acids is 1. The highest BCUT2D eigenvalue weighted by molar-refractivity contribution is 6.10. The van der Waals surface area contributed by atoms with E-state index in [1.807, 2.05) is 0 Å². The smallest absolute Gasteiger partial charge is 0.319 e. The van der Waals surface area contributed by atoms with Crippen molar-refractivity contribution in [1.29, 1.82) is 0 Å². The van der Waals surface area contributed by atoms with Crippen LogP contribution in [0.5, 0.6) is 23.0 Å². The molecule has 1 saturated carbocycles. The summed E-state index contributed by atoms with van der Waals surface area (Å²) in [6.07, 6.45) is 2.80. The molecule has 2 aliphatic rings. The Balaban J connectivity index is 1.25. The van der Waals surface area contributed by atoms with E-state index in [0.717, 1.165) is 45.3 Å². The third-order valence-corrected chi connectivity index (χ3v) is 6.77. The average molecular weight is 526 g/mol. The molecule has 1 aromatic heterocycles. The van der Waals surface area contributed by atoms with Gasteiger partial charge in [0, 0.05) is 49.0 Å². The van der Waals surface area contributed by atoms with Crippen molar-refractivity contribution in [2.24, 2.45) is 5.41 Å². The van der Waals surface area contributed by atoms with Gasteiger partial charge in [-0.05, 0) is 43.5 Å². The van der Waals surface area contributed by atoms with Gasteiger partial charge in [0.25, 0.3) is 0 Å². The molecule has 3 N–H and O–H groups in total. The zero-order valence-electron chi connectivity index (χ0n) is 20.6. The van der Waals surface area contributed by atoms with Gasteiger partial charge in [0.05, 0.1) is 25.3 Å². The number of phenols is 1. The van der Waals surface area contributed by atoms with E-state index in [4.69, 9.17) is 14.2 Å². The number of nitrogens with one attached hydrogen (secondary N) is 1. The second kappa shape index (κ2) is 10.8. The Morgan fingerprint density at radius 2 is 1.89 bits per heavy atom. The molecule has 1 saturated heterocycles. The number of hydrogen-bond acceptors (Lipinski definition) is 8. The average Bonchev–Trinajstić information content (AvgIpc) is 3.72. The number of aromatic hydroxyl groups is 1. The van der Waals surface area contributed by atoms with Gasteiger partial charge in [-0.3, -0.25) is 19.5 Å². The number of fused-ring (bicyclic) bond motifs is 1. The second-order valence-electron chi connectivity index (χ2n) is 9.39. The zero-order chi connectivity index (χ0) is 26.7. The number of pyridine rings is 1. The van der Waals surface area contributed by atoms with Crippen LogP contribution in [0.3, 0.4) is 0 Å². The van der Waals surface area contributed by atoms with Gasteiger partial charge >= 0.3 is 5.97 Å². The van der Waals surface area contributed by atoms with Crippen LogP contribution >= 0.6 is 0 Å². The summed E-state index contributed by atoms with van der Waals surface area (Å²) in [7, 11) is 0. The summed E-state index contributed by atoms with van der Waals surface area (Å²) in [5, 5.41) is 22.7. The number of hydrogen-bond donors (Lipinski definition) is 3. The molecule has 3 aromatic rings. The van der Waals surface area contributed by atoms with Gasteiger partial charge in [-0.15, -0.1) is 0 Å². The third-order valence-electron chi connectivity index (χ3n) is 6.77. The number of phenolic OH excluding ortho intramolecular Hbond substituents is 1. The monoisotopic (exact) mass is 525 g/mol. The number of carboxylic acids is 1. The van der Waals surface area contributed by atoms with Crippen LogP contribution < -0.4 is 14.8 Å². The molecule has 2 heterocycles. The highest BCUT2D eigenvalue weighted by Crippen LogP contribution is 2.47. The first-order valence-electron chi connectivity index (χ1n) is 12.4. The van der Waals surface area contributed by atoms with Crippen molar-refractivity contribution < 1.29 is 38.4 Å². The van der Waals surface area contributed by atoms with Gasteiger partial charge < -0.3 is 29.7 Å². The van der Waals surface area contributed by atoms with Gasteiger partial charge in [-0.2, -0.15) is 0 Å². The zero-order valence-corrected chi connectivity index (χ0v) is 20.6. The quantitative estimate of drug-likeness (QED) is 0.267. The maximum Gasteiger partial charge on any atom is 0.319 e. The summed E-state index contributed by atoms with van der Waals surface area (Å²) >= 11 is 0. The summed E-state index contributed by atoms with van der Waals surface area (Å²) in [4.78, 5) is 30.2. The highest BCUT2D eigenvalue weighted by atomic mass is 19.1. The molecule has 1 aliphatic heterocycles. The molecule has 2 aromatic carbocycles. The predicted molar refractivity (Wildman–Crippen MR) is 135 cm³/mol. The number of nitrogens with zero attached hydrogens (tertiary/aromatic N) is 2. The first-order chi connectivity index (χ1) is 18.4. The fourth-order valence-electron chi connectivity index (χ4n) is 4.33. The molecule has 0 unspecified atom stereocenters. The van der Waals surface area contributed by atoms with Crippen LogP contribution in [0.15, 0.2) is 42.6 Å². The fourth-order valence-corrected chi connectivity index (χ4v) is 4.33. The fraction of sp³-hybridized carbons (Fsp3) is 0.370. The summed E-state index contributed by atoms with van der Waals surface area (Å²) in [5.74, 6) is -2.26. The van der Waals surface area contributed by atoms with Crippen LogP contribution in [-0.4, -0.2) is 71.4 Å². The number of benzene rings is 2. The minimum Gasteiger partial charge on any atom is -0.504 e. The summed E-state index contributed by atoms with van der Waals surface area (Å²) < 4.78 is 31.7. The SMILES string of the molecule is O=C(O)C1(C(=O)Nc2ccc(Oc3ccnc4cc(OCCCN5CCOCC5)c(O)cc34)c(F)c2)CC1. The standard InChI is InChI=1S/C27H28FN3O7/c28-19-14-17(30-25(33)27(5-6-27)26(34)35)2-3-23(19)38-22-4-7-29-20-16-24(21(32)15-18(20)22)37-11-1-8-31-9-12-36-13-10-31/h2-4,7,14-16,32H,1,5-6,8-13H2,(H,30,33)(H,34,35). The number of aromatic nitrogens is 1. The molecule has 10 nitrogen and oxygen atoms in total. The molecule has 0 radical (unpaired) electrons. The maximum absolute atomic E-state index is 14.8. The number of ether oxygens (including phenoxy) is 3. The number of carboxylic acid groups (broad SMARTS) is 1. The molecular weight excluding hydrogens is 497 g/mol. The van der Waals surface area contributed by atoms with Crippen molar-refractivity contribution in [3.63, 3.8) is 0 Å². The van der Waals surface area contributed by atoms with Gasteiger partial charge in [-0.1, -0.05) is 0 Å². The van der Waals surface area contributed by atoms with E-state index in [0.29, 0.717) is 23.3 Å². The van der Waals surface area contributed by atoms with Crippen molar-refractivity contribution in [3.8, 4) is 23.0 Å². The van der Waals surface area contributed by atoms with E-state index in [1.54, 1.807) is 12.1 Å². The van der Waals surface area contributed by atoms with Crippen LogP contribution in [0.4, 0.5) is 10.1 Å². The van der Waals surface area contributed by atoms with Crippen molar-refractivity contribution in [2.45, 2.75) is 19.3 Å². The summed E-state index contributed by atoms with van der Waals surface area (Å²) in [6.45, 7) is 4.58. The van der Waals surface area contributed by atoms with E-state index in [2.05, 4.69) is 15.2 Å². The van der Waals surface area contributed by atoms with Gasteiger partial charge in [0.1, 0.15) is 11.2 Å². The first kappa shape index (κ1) is 25.7. The number of anilines is 1. The molecule has 38 heavy (non-hydrogen) atoms. The number of morpholine rings is 1. The lowest BCUT2D eigenvalue weighted by Gasteiger charge is -2.26. The van der Waals surface area contributed by atoms with Crippen LogP contribution in [0.1, 0.15) is 19.3 Å². The Hall–Kier alpha value is -3.96. The highest BCUT2D eigenvalue weighted by Gasteiger charge is 2.57. The lowest BCUT2D eigenvalue weighted by Crippen LogP contribution is -2.37. The predicted octanol–water partition coefficient (Wildman–Crippen LogP) is 3.78. The van der Waals surface area contributed by atoms with E-state index in [1.165, 1.54) is 24.4 Å². The first-order valence-corrected chi connectivity index (χ1v) is 12.4. The Morgan fingerprint density at radius 3 is 2.61 bits per heavy atom. The van der Waals surface area contributed by atoms with Crippen LogP contribution in [0.25, 0.3) is 10.9 Å². The number of amides is 1. The van der Waals surface area contributed by atoms with Crippen molar-refractivity contribution in [2.75, 3.05) is 44.8 Å². The van der Waals surface area contributed by atoms with Crippen LogP contribution in [-0.2, 0) is 14.3 Å². The molecule has 0 spiro atoms. The molecule has 200 valence electrons. The minimum atomic E-state index is -1.44. The van der Waals surface area contributed by atoms with Crippen molar-refractivity contribution in [1.82, 2.24) is 9.88 Å². The summed E-state index contributed by atoms with van der Waals surface area (Å²) in [6, 6.07) is 8.44. The van der Waals surface area contributed by atoms with Crippen molar-refractivity contribution >= 4 is 28.5 Å². The molecule has 1 aliphatic carbocycles. The minimum absolute atomic E-state index is 0.0901. The van der Waals surface area contributed by atoms with E-state index in [-0.39, 0.29) is 35.8 Å². The van der Waals surface area contributed by atoms with E-state index < -0.39 is 23.1 Å². The Morgan fingerprint density at radius 1 is 1.11 bits per heavy atom. The molecule has 0 atom stereocenters. The summed E-state index contributed by atoms with van der Waals surface area (Å²) in [5.41, 5.74) is -0.814. The van der Waals surface area contributed by atoms with E-state index in [9.17, 15) is 24.2 Å². The lowest BCUT2D eigenvalue weighted by atomic mass is 10.1. The molecule has 11 heteroatoms. The van der Waals surface area contributed by atoms with E-state index >= 15 is 0 Å². The Labute approximate surface area is 217 Å². The van der Waals surface area contributed by atoms with Crippen LogP contribution in [0.2, 0.25) is 0 Å². The van der Waals surface area contributed by atoms with Crippen molar-refractivity contribution in [3.05, 3.63) is 48.4 Å². The molecular formula is C27H28FN3O7. The molecule has 1 amide bonds. The van der Waals surface area contributed by atoms with Gasteiger partial charge in [0.15, 0.2) is 23.1 Å². The normalized spacial score (nSPS) is 16.7. The molecule has 5 rings (SSSR count). The molecule has 2 fully saturated rings. The van der Waals surface area contributed by atoms with Gasteiger partial charge in [-0.25, -0.2) is 4.39 Å². The lowest BCUT2D eigenvalue weighted by molar-refractivity contribution is -0.147. The maximum atomic E-state index is 14.8. The number of carbonyl (C=O) groups is 2. The third kappa shape index (κ3) is 5.48. The Kier molecular flexibility index (Phi) is 7.30. The number of rotatable bonds is 10. The Bertz CT molecular complexity index is 1360. The number of halogens is 1. The largest absolute Gasteiger partial charge is 0.504 e.